The van der Waals surface area contributed by atoms with E-state index in [9.17, 15) is 5.11 Å². The maximum absolute atomic E-state index is 9.26. The Morgan fingerprint density at radius 1 is 1.16 bits per heavy atom. The van der Waals surface area contributed by atoms with E-state index in [-0.39, 0.29) is 6.61 Å². The predicted octanol–water partition coefficient (Wildman–Crippen LogP) is 3.07. The van der Waals surface area contributed by atoms with Gasteiger partial charge in [0.1, 0.15) is 5.75 Å². The molecule has 1 aromatic rings. The monoisotopic (exact) mass is 263 g/mol. The minimum atomic E-state index is 0.207. The van der Waals surface area contributed by atoms with Crippen molar-refractivity contribution in [3.63, 3.8) is 0 Å². The van der Waals surface area contributed by atoms with Crippen molar-refractivity contribution in [2.24, 2.45) is 5.92 Å². The number of aliphatic hydroxyl groups excluding tert-OH is 1. The topological polar surface area (TPSA) is 32.7 Å². The molecule has 0 aliphatic heterocycles. The summed E-state index contributed by atoms with van der Waals surface area (Å²) in [7, 11) is 1.68. The molecule has 0 heterocycles. The molecule has 1 N–H and O–H groups in total. The Bertz CT molecular complexity index is 358. The zero-order valence-corrected chi connectivity index (χ0v) is 11.8. The summed E-state index contributed by atoms with van der Waals surface area (Å²) >= 11 is 0. The van der Waals surface area contributed by atoms with E-state index in [4.69, 9.17) is 4.74 Å². The highest BCUT2D eigenvalue weighted by Gasteiger charge is 2.17. The van der Waals surface area contributed by atoms with Crippen LogP contribution in [-0.4, -0.2) is 31.9 Å². The average molecular weight is 263 g/mol. The fourth-order valence-electron chi connectivity index (χ4n) is 2.92. The van der Waals surface area contributed by atoms with Crippen molar-refractivity contribution >= 4 is 5.69 Å². The van der Waals surface area contributed by atoms with E-state index in [1.54, 1.807) is 7.11 Å². The van der Waals surface area contributed by atoms with Gasteiger partial charge in [0.25, 0.3) is 0 Å². The number of rotatable bonds is 6. The Kier molecular flexibility index (Phi) is 5.52. The van der Waals surface area contributed by atoms with Crippen molar-refractivity contribution in [2.45, 2.75) is 32.1 Å². The van der Waals surface area contributed by atoms with Crippen LogP contribution >= 0.6 is 0 Å². The average Bonchev–Trinajstić information content (AvgIpc) is 2.48. The lowest BCUT2D eigenvalue weighted by Gasteiger charge is -2.31. The summed E-state index contributed by atoms with van der Waals surface area (Å²) in [5, 5.41) is 9.26. The van der Waals surface area contributed by atoms with Crippen molar-refractivity contribution < 1.29 is 9.84 Å². The molecule has 3 nitrogen and oxygen atoms in total. The largest absolute Gasteiger partial charge is 0.497 e. The highest BCUT2D eigenvalue weighted by molar-refractivity contribution is 5.49. The summed E-state index contributed by atoms with van der Waals surface area (Å²) in [5.41, 5.74) is 1.18. The molecule has 1 saturated carbocycles. The molecule has 0 spiro atoms. The van der Waals surface area contributed by atoms with Crippen LogP contribution in [0.5, 0.6) is 5.75 Å². The van der Waals surface area contributed by atoms with Gasteiger partial charge in [-0.3, -0.25) is 0 Å². The summed E-state index contributed by atoms with van der Waals surface area (Å²) in [4.78, 5) is 2.30. The Labute approximate surface area is 116 Å². The summed E-state index contributed by atoms with van der Waals surface area (Å²) < 4.78 is 5.19. The van der Waals surface area contributed by atoms with Crippen LogP contribution in [0.1, 0.15) is 32.1 Å². The second kappa shape index (κ2) is 7.39. The van der Waals surface area contributed by atoms with Crippen LogP contribution in [0.3, 0.4) is 0 Å². The number of benzene rings is 1. The first-order chi connectivity index (χ1) is 9.33. The Hall–Kier alpha value is -1.22. The quantitative estimate of drug-likeness (QED) is 0.856. The van der Waals surface area contributed by atoms with E-state index in [0.717, 1.165) is 18.2 Å². The Balaban J connectivity index is 2.00. The first-order valence-corrected chi connectivity index (χ1v) is 7.33. The third kappa shape index (κ3) is 4.13. The number of nitrogens with zero attached hydrogens (tertiary/aromatic N) is 1. The molecule has 0 saturated heterocycles. The van der Waals surface area contributed by atoms with E-state index in [1.807, 2.05) is 12.1 Å². The summed E-state index contributed by atoms with van der Waals surface area (Å²) in [6.07, 6.45) is 6.77. The minimum absolute atomic E-state index is 0.207. The van der Waals surface area contributed by atoms with Crippen LogP contribution in [-0.2, 0) is 0 Å². The number of ether oxygens (including phenoxy) is 1. The number of aliphatic hydroxyl groups is 1. The first-order valence-electron chi connectivity index (χ1n) is 7.33. The van der Waals surface area contributed by atoms with E-state index in [1.165, 1.54) is 37.8 Å². The van der Waals surface area contributed by atoms with Gasteiger partial charge >= 0.3 is 0 Å². The van der Waals surface area contributed by atoms with Crippen molar-refractivity contribution in [3.8, 4) is 5.75 Å². The Morgan fingerprint density at radius 2 is 1.84 bits per heavy atom. The molecular formula is C16H25NO2. The van der Waals surface area contributed by atoms with Crippen molar-refractivity contribution in [2.75, 3.05) is 31.7 Å². The Morgan fingerprint density at radius 3 is 2.42 bits per heavy atom. The maximum Gasteiger partial charge on any atom is 0.119 e. The van der Waals surface area contributed by atoms with Crippen LogP contribution in [0.25, 0.3) is 0 Å². The fourth-order valence-corrected chi connectivity index (χ4v) is 2.92. The molecule has 1 aliphatic rings. The van der Waals surface area contributed by atoms with E-state index in [2.05, 4.69) is 17.0 Å². The second-order valence-corrected chi connectivity index (χ2v) is 5.37. The molecule has 0 radical (unpaired) electrons. The lowest BCUT2D eigenvalue weighted by atomic mass is 9.89. The molecule has 1 aliphatic carbocycles. The standard InChI is InChI=1S/C16H25NO2/c1-19-16-9-7-15(8-10-16)17(11-12-18)13-14-5-3-2-4-6-14/h7-10,14,18H,2-6,11-13H2,1H3. The van der Waals surface area contributed by atoms with Gasteiger partial charge in [0.15, 0.2) is 0 Å². The fraction of sp³-hybridized carbons (Fsp3) is 0.625. The van der Waals surface area contributed by atoms with Crippen LogP contribution in [0.4, 0.5) is 5.69 Å². The molecule has 0 unspecified atom stereocenters. The van der Waals surface area contributed by atoms with Gasteiger partial charge in [-0.2, -0.15) is 0 Å². The minimum Gasteiger partial charge on any atom is -0.497 e. The van der Waals surface area contributed by atoms with Crippen molar-refractivity contribution in [1.29, 1.82) is 0 Å². The normalized spacial score (nSPS) is 16.3. The van der Waals surface area contributed by atoms with Crippen LogP contribution in [0.15, 0.2) is 24.3 Å². The molecular weight excluding hydrogens is 238 g/mol. The lowest BCUT2D eigenvalue weighted by Crippen LogP contribution is -2.32. The molecule has 19 heavy (non-hydrogen) atoms. The van der Waals surface area contributed by atoms with E-state index in [0.29, 0.717) is 6.54 Å². The van der Waals surface area contributed by atoms with Crippen LogP contribution in [0, 0.1) is 5.92 Å². The number of hydrogen-bond acceptors (Lipinski definition) is 3. The van der Waals surface area contributed by atoms with Gasteiger partial charge in [-0.05, 0) is 43.0 Å². The first kappa shape index (κ1) is 14.2. The number of anilines is 1. The highest BCUT2D eigenvalue weighted by Crippen LogP contribution is 2.27. The van der Waals surface area contributed by atoms with Gasteiger partial charge in [-0.15, -0.1) is 0 Å². The molecule has 2 rings (SSSR count). The zero-order valence-electron chi connectivity index (χ0n) is 11.8. The third-order valence-electron chi connectivity index (χ3n) is 4.01. The predicted molar refractivity (Wildman–Crippen MR) is 78.9 cm³/mol. The highest BCUT2D eigenvalue weighted by atomic mass is 16.5. The molecule has 1 fully saturated rings. The number of hydrogen-bond donors (Lipinski definition) is 1. The van der Waals surface area contributed by atoms with Gasteiger partial charge < -0.3 is 14.7 Å². The molecule has 0 bridgehead atoms. The van der Waals surface area contributed by atoms with E-state index < -0.39 is 0 Å². The van der Waals surface area contributed by atoms with Crippen LogP contribution < -0.4 is 9.64 Å². The van der Waals surface area contributed by atoms with Gasteiger partial charge in [0.2, 0.25) is 0 Å². The number of methoxy groups -OCH3 is 1. The summed E-state index contributed by atoms with van der Waals surface area (Å²) in [6.45, 7) is 1.98. The van der Waals surface area contributed by atoms with Crippen LogP contribution in [0.2, 0.25) is 0 Å². The molecule has 0 amide bonds. The molecule has 0 atom stereocenters. The summed E-state index contributed by atoms with van der Waals surface area (Å²) in [5.74, 6) is 1.66. The third-order valence-corrected chi connectivity index (χ3v) is 4.01. The lowest BCUT2D eigenvalue weighted by molar-refractivity contribution is 0.292. The SMILES string of the molecule is COc1ccc(N(CCO)CC2CCCCC2)cc1. The smallest absolute Gasteiger partial charge is 0.119 e. The molecule has 3 heteroatoms. The van der Waals surface area contributed by atoms with Gasteiger partial charge in [-0.1, -0.05) is 19.3 Å². The van der Waals surface area contributed by atoms with E-state index >= 15 is 0 Å². The van der Waals surface area contributed by atoms with Gasteiger partial charge in [-0.25, -0.2) is 0 Å². The van der Waals surface area contributed by atoms with Gasteiger partial charge in [0.05, 0.1) is 13.7 Å². The zero-order chi connectivity index (χ0) is 13.5. The maximum atomic E-state index is 9.26. The molecule has 0 aromatic heterocycles. The van der Waals surface area contributed by atoms with Crippen molar-refractivity contribution in [3.05, 3.63) is 24.3 Å². The molecule has 106 valence electrons. The molecule has 1 aromatic carbocycles. The van der Waals surface area contributed by atoms with Gasteiger partial charge in [0, 0.05) is 18.8 Å². The van der Waals surface area contributed by atoms with Crippen molar-refractivity contribution in [1.82, 2.24) is 0 Å². The second-order valence-electron chi connectivity index (χ2n) is 5.37. The summed E-state index contributed by atoms with van der Waals surface area (Å²) in [6, 6.07) is 8.13.